The number of thioether (sulfide) groups is 1. The number of halogens is 1. The Morgan fingerprint density at radius 1 is 0.964 bits per heavy atom. The molecule has 3 aromatic carbocycles. The van der Waals surface area contributed by atoms with Crippen molar-refractivity contribution < 1.29 is 0 Å². The molecule has 0 saturated carbocycles. The molecule has 4 aromatic rings. The standard InChI is InChI=1S/C23H19ClN2OS/c1-15-10-12-17(13-11-15)14-28-23-25-20-8-4-3-6-18(20)22(27)26(23)21-9-5-7-19(24)16(21)2/h3-13H,14H2,1-2H3. The maximum atomic E-state index is 13.3. The maximum Gasteiger partial charge on any atom is 0.266 e. The number of hydrogen-bond acceptors (Lipinski definition) is 3. The predicted molar refractivity (Wildman–Crippen MR) is 118 cm³/mol. The zero-order valence-corrected chi connectivity index (χ0v) is 17.2. The highest BCUT2D eigenvalue weighted by atomic mass is 35.5. The van der Waals surface area contributed by atoms with Crippen molar-refractivity contribution in [1.29, 1.82) is 0 Å². The van der Waals surface area contributed by atoms with Crippen molar-refractivity contribution in [3.63, 3.8) is 0 Å². The van der Waals surface area contributed by atoms with Crippen molar-refractivity contribution >= 4 is 34.3 Å². The number of aryl methyl sites for hydroxylation is 1. The first-order chi connectivity index (χ1) is 13.5. The molecule has 0 bridgehead atoms. The van der Waals surface area contributed by atoms with Gasteiger partial charge in [-0.1, -0.05) is 71.4 Å². The van der Waals surface area contributed by atoms with Gasteiger partial charge in [0.25, 0.3) is 5.56 Å². The molecule has 28 heavy (non-hydrogen) atoms. The topological polar surface area (TPSA) is 34.9 Å². The Kier molecular flexibility index (Phi) is 5.25. The van der Waals surface area contributed by atoms with Gasteiger partial charge in [-0.05, 0) is 49.2 Å². The van der Waals surface area contributed by atoms with Crippen LogP contribution in [0.15, 0.2) is 76.7 Å². The molecule has 3 nitrogen and oxygen atoms in total. The van der Waals surface area contributed by atoms with E-state index in [-0.39, 0.29) is 5.56 Å². The minimum absolute atomic E-state index is 0.0811. The van der Waals surface area contributed by atoms with Gasteiger partial charge in [0.15, 0.2) is 5.16 Å². The molecular formula is C23H19ClN2OS. The van der Waals surface area contributed by atoms with Gasteiger partial charge in [0, 0.05) is 10.8 Å². The van der Waals surface area contributed by atoms with Gasteiger partial charge in [-0.25, -0.2) is 4.98 Å². The van der Waals surface area contributed by atoms with Crippen molar-refractivity contribution in [3.8, 4) is 5.69 Å². The van der Waals surface area contributed by atoms with Crippen molar-refractivity contribution in [2.24, 2.45) is 0 Å². The highest BCUT2D eigenvalue weighted by molar-refractivity contribution is 7.98. The van der Waals surface area contributed by atoms with Crippen LogP contribution in [0.5, 0.6) is 0 Å². The first-order valence-electron chi connectivity index (χ1n) is 9.00. The molecule has 0 fully saturated rings. The number of rotatable bonds is 4. The molecule has 1 aromatic heterocycles. The molecule has 140 valence electrons. The van der Waals surface area contributed by atoms with Gasteiger partial charge in [-0.15, -0.1) is 0 Å². The van der Waals surface area contributed by atoms with Crippen molar-refractivity contribution in [1.82, 2.24) is 9.55 Å². The predicted octanol–water partition coefficient (Wildman–Crippen LogP) is 5.95. The van der Waals surface area contributed by atoms with E-state index in [0.717, 1.165) is 17.0 Å². The van der Waals surface area contributed by atoms with E-state index in [4.69, 9.17) is 16.6 Å². The number of para-hydroxylation sites is 1. The summed E-state index contributed by atoms with van der Waals surface area (Å²) in [7, 11) is 0. The first-order valence-corrected chi connectivity index (χ1v) is 10.4. The second-order valence-electron chi connectivity index (χ2n) is 6.71. The highest BCUT2D eigenvalue weighted by Crippen LogP contribution is 2.28. The molecule has 1 heterocycles. The van der Waals surface area contributed by atoms with Crippen LogP contribution in [-0.2, 0) is 5.75 Å². The minimum Gasteiger partial charge on any atom is -0.268 e. The number of nitrogens with zero attached hydrogens (tertiary/aromatic N) is 2. The summed E-state index contributed by atoms with van der Waals surface area (Å²) >= 11 is 7.88. The van der Waals surface area contributed by atoms with Gasteiger partial charge in [-0.2, -0.15) is 0 Å². The fourth-order valence-electron chi connectivity index (χ4n) is 3.09. The van der Waals surface area contributed by atoms with E-state index in [1.807, 2.05) is 49.4 Å². The first kappa shape index (κ1) is 18.8. The van der Waals surface area contributed by atoms with Gasteiger partial charge in [0.05, 0.1) is 16.6 Å². The number of benzene rings is 3. The van der Waals surface area contributed by atoms with Crippen molar-refractivity contribution in [2.75, 3.05) is 0 Å². The zero-order chi connectivity index (χ0) is 19.7. The molecule has 4 rings (SSSR count). The van der Waals surface area contributed by atoms with E-state index < -0.39 is 0 Å². The van der Waals surface area contributed by atoms with E-state index in [1.165, 1.54) is 11.1 Å². The van der Waals surface area contributed by atoms with Gasteiger partial charge in [-0.3, -0.25) is 9.36 Å². The van der Waals surface area contributed by atoms with Crippen LogP contribution in [0.2, 0.25) is 5.02 Å². The lowest BCUT2D eigenvalue weighted by Gasteiger charge is -2.16. The highest BCUT2D eigenvalue weighted by Gasteiger charge is 2.15. The van der Waals surface area contributed by atoms with Crippen LogP contribution < -0.4 is 5.56 Å². The molecular weight excluding hydrogens is 388 g/mol. The summed E-state index contributed by atoms with van der Waals surface area (Å²) in [4.78, 5) is 18.1. The van der Waals surface area contributed by atoms with Crippen molar-refractivity contribution in [3.05, 3.63) is 98.8 Å². The number of fused-ring (bicyclic) bond motifs is 1. The van der Waals surface area contributed by atoms with Gasteiger partial charge in [0.1, 0.15) is 0 Å². The van der Waals surface area contributed by atoms with Crippen LogP contribution in [0.3, 0.4) is 0 Å². The normalized spacial score (nSPS) is 11.1. The third kappa shape index (κ3) is 3.58. The molecule has 0 N–H and O–H groups in total. The third-order valence-corrected chi connectivity index (χ3v) is 6.13. The average Bonchev–Trinajstić information content (AvgIpc) is 2.70. The fourth-order valence-corrected chi connectivity index (χ4v) is 4.22. The summed E-state index contributed by atoms with van der Waals surface area (Å²) in [5, 5.41) is 1.89. The summed E-state index contributed by atoms with van der Waals surface area (Å²) in [6.07, 6.45) is 0. The van der Waals surface area contributed by atoms with E-state index in [2.05, 4.69) is 31.2 Å². The second kappa shape index (κ2) is 7.82. The van der Waals surface area contributed by atoms with Gasteiger partial charge in [0.2, 0.25) is 0 Å². The third-order valence-electron chi connectivity index (χ3n) is 4.71. The second-order valence-corrected chi connectivity index (χ2v) is 8.06. The average molecular weight is 407 g/mol. The van der Waals surface area contributed by atoms with E-state index in [0.29, 0.717) is 21.1 Å². The monoisotopic (exact) mass is 406 g/mol. The summed E-state index contributed by atoms with van der Waals surface area (Å²) in [6.45, 7) is 4.00. The zero-order valence-electron chi connectivity index (χ0n) is 15.6. The van der Waals surface area contributed by atoms with Crippen LogP contribution in [0.1, 0.15) is 16.7 Å². The number of hydrogen-bond donors (Lipinski definition) is 0. The van der Waals surface area contributed by atoms with Crippen LogP contribution in [0, 0.1) is 13.8 Å². The Hall–Kier alpha value is -2.56. The van der Waals surface area contributed by atoms with E-state index in [9.17, 15) is 4.79 Å². The molecule has 0 radical (unpaired) electrons. The Labute approximate surface area is 173 Å². The maximum absolute atomic E-state index is 13.3. The molecule has 0 unspecified atom stereocenters. The quantitative estimate of drug-likeness (QED) is 0.310. The van der Waals surface area contributed by atoms with Crippen molar-refractivity contribution in [2.45, 2.75) is 24.8 Å². The lowest BCUT2D eigenvalue weighted by molar-refractivity contribution is 0.814. The molecule has 0 aliphatic heterocycles. The van der Waals surface area contributed by atoms with Crippen LogP contribution >= 0.6 is 23.4 Å². The Balaban J connectivity index is 1.87. The van der Waals surface area contributed by atoms with Crippen LogP contribution in [-0.4, -0.2) is 9.55 Å². The molecule has 0 aliphatic rings. The summed E-state index contributed by atoms with van der Waals surface area (Å²) < 4.78 is 1.68. The van der Waals surface area contributed by atoms with Crippen LogP contribution in [0.4, 0.5) is 0 Å². The Morgan fingerprint density at radius 2 is 1.71 bits per heavy atom. The van der Waals surface area contributed by atoms with E-state index >= 15 is 0 Å². The summed E-state index contributed by atoms with van der Waals surface area (Å²) in [5.41, 5.74) is 4.66. The molecule has 0 spiro atoms. The largest absolute Gasteiger partial charge is 0.268 e. The van der Waals surface area contributed by atoms with Gasteiger partial charge >= 0.3 is 0 Å². The summed E-state index contributed by atoms with van der Waals surface area (Å²) in [5.74, 6) is 0.727. The summed E-state index contributed by atoms with van der Waals surface area (Å²) in [6, 6.07) is 21.5. The molecule has 0 aliphatic carbocycles. The molecule has 5 heteroatoms. The number of aromatic nitrogens is 2. The Bertz CT molecular complexity index is 1220. The Morgan fingerprint density at radius 3 is 2.50 bits per heavy atom. The fraction of sp³-hybridized carbons (Fsp3) is 0.130. The smallest absolute Gasteiger partial charge is 0.266 e. The lowest BCUT2D eigenvalue weighted by atomic mass is 10.2. The van der Waals surface area contributed by atoms with Crippen LogP contribution in [0.25, 0.3) is 16.6 Å². The lowest BCUT2D eigenvalue weighted by Crippen LogP contribution is -2.22. The molecule has 0 saturated heterocycles. The SMILES string of the molecule is Cc1ccc(CSc2nc3ccccc3c(=O)n2-c2cccc(Cl)c2C)cc1. The van der Waals surface area contributed by atoms with E-state index in [1.54, 1.807) is 16.3 Å². The van der Waals surface area contributed by atoms with Gasteiger partial charge < -0.3 is 0 Å². The molecule has 0 amide bonds. The minimum atomic E-state index is -0.0811. The molecule has 0 atom stereocenters.